The van der Waals surface area contributed by atoms with Gasteiger partial charge in [0.15, 0.2) is 0 Å². The van der Waals surface area contributed by atoms with E-state index in [9.17, 15) is 9.59 Å². The number of rotatable bonds is 6. The van der Waals surface area contributed by atoms with Gasteiger partial charge in [0, 0.05) is 25.1 Å². The van der Waals surface area contributed by atoms with Gasteiger partial charge in [-0.25, -0.2) is 0 Å². The zero-order chi connectivity index (χ0) is 17.8. The van der Waals surface area contributed by atoms with Gasteiger partial charge in [-0.1, -0.05) is 18.3 Å². The maximum Gasteiger partial charge on any atom is 0.231 e. The summed E-state index contributed by atoms with van der Waals surface area (Å²) >= 11 is 1.38. The van der Waals surface area contributed by atoms with Crippen molar-refractivity contribution in [2.24, 2.45) is 5.92 Å². The molecule has 1 fully saturated rings. The molecule has 2 aromatic rings. The molecule has 0 aliphatic carbocycles. The highest BCUT2D eigenvalue weighted by molar-refractivity contribution is 7.15. The van der Waals surface area contributed by atoms with Crippen molar-refractivity contribution < 1.29 is 14.3 Å². The van der Waals surface area contributed by atoms with Gasteiger partial charge in [0.25, 0.3) is 0 Å². The van der Waals surface area contributed by atoms with Crippen molar-refractivity contribution in [1.82, 2.24) is 10.2 Å². The number of aryl methyl sites for hydroxylation is 1. The standard InChI is InChI=1S/C17H20N4O3S/c1-3-4-14-19-20-17(25-14)18-16(23)11-9-15(22)21(10-11)12-5-7-13(24-2)8-6-12/h5-8,11H,3-4,9-10H2,1-2H3,(H,18,20,23). The molecular formula is C17H20N4O3S. The number of hydrogen-bond donors (Lipinski definition) is 1. The Morgan fingerprint density at radius 1 is 1.36 bits per heavy atom. The van der Waals surface area contributed by atoms with Crippen molar-refractivity contribution >= 4 is 34.0 Å². The van der Waals surface area contributed by atoms with Gasteiger partial charge in [0.05, 0.1) is 13.0 Å². The Labute approximate surface area is 150 Å². The zero-order valence-electron chi connectivity index (χ0n) is 14.2. The molecule has 25 heavy (non-hydrogen) atoms. The second-order valence-electron chi connectivity index (χ2n) is 5.84. The summed E-state index contributed by atoms with van der Waals surface area (Å²) in [7, 11) is 1.59. The molecule has 1 N–H and O–H groups in total. The third kappa shape index (κ3) is 3.96. The van der Waals surface area contributed by atoms with Gasteiger partial charge in [-0.2, -0.15) is 0 Å². The minimum atomic E-state index is -0.395. The molecule has 2 amide bonds. The molecule has 1 saturated heterocycles. The summed E-state index contributed by atoms with van der Waals surface area (Å²) in [5, 5.41) is 12.2. The van der Waals surface area contributed by atoms with Gasteiger partial charge in [0.1, 0.15) is 10.8 Å². The molecule has 0 spiro atoms. The number of hydrogen-bond acceptors (Lipinski definition) is 6. The number of nitrogens with one attached hydrogen (secondary N) is 1. The lowest BCUT2D eigenvalue weighted by Crippen LogP contribution is -2.28. The Balaban J connectivity index is 1.63. The topological polar surface area (TPSA) is 84.4 Å². The summed E-state index contributed by atoms with van der Waals surface area (Å²) in [4.78, 5) is 26.3. The summed E-state index contributed by atoms with van der Waals surface area (Å²) in [6.07, 6.45) is 2.02. The molecule has 7 nitrogen and oxygen atoms in total. The van der Waals surface area contributed by atoms with Crippen molar-refractivity contribution in [1.29, 1.82) is 0 Å². The minimum absolute atomic E-state index is 0.0609. The van der Waals surface area contributed by atoms with Crippen LogP contribution >= 0.6 is 11.3 Å². The molecule has 1 unspecified atom stereocenters. The van der Waals surface area contributed by atoms with E-state index in [2.05, 4.69) is 22.4 Å². The first kappa shape index (κ1) is 17.3. The summed E-state index contributed by atoms with van der Waals surface area (Å²) < 4.78 is 5.12. The lowest BCUT2D eigenvalue weighted by Gasteiger charge is -2.16. The van der Waals surface area contributed by atoms with Crippen LogP contribution in [0.3, 0.4) is 0 Å². The third-order valence-electron chi connectivity index (χ3n) is 4.04. The van der Waals surface area contributed by atoms with Crippen LogP contribution in [-0.4, -0.2) is 35.7 Å². The predicted octanol–water partition coefficient (Wildman–Crippen LogP) is 2.49. The Morgan fingerprint density at radius 3 is 2.80 bits per heavy atom. The maximum atomic E-state index is 12.4. The molecule has 0 bridgehead atoms. The van der Waals surface area contributed by atoms with Crippen molar-refractivity contribution in [2.75, 3.05) is 23.9 Å². The van der Waals surface area contributed by atoms with Crippen LogP contribution in [0.5, 0.6) is 5.75 Å². The Kier molecular flexibility index (Phi) is 5.28. The van der Waals surface area contributed by atoms with Crippen LogP contribution in [0.1, 0.15) is 24.8 Å². The van der Waals surface area contributed by atoms with Gasteiger partial charge >= 0.3 is 0 Å². The largest absolute Gasteiger partial charge is 0.497 e. The van der Waals surface area contributed by atoms with Gasteiger partial charge in [-0.05, 0) is 30.7 Å². The number of methoxy groups -OCH3 is 1. The molecule has 1 aromatic heterocycles. The van der Waals surface area contributed by atoms with Gasteiger partial charge < -0.3 is 15.0 Å². The number of amides is 2. The molecule has 1 aliphatic heterocycles. The number of benzene rings is 1. The van der Waals surface area contributed by atoms with E-state index in [4.69, 9.17) is 4.74 Å². The fourth-order valence-electron chi connectivity index (χ4n) is 2.72. The van der Waals surface area contributed by atoms with Crippen LogP contribution < -0.4 is 15.0 Å². The summed E-state index contributed by atoms with van der Waals surface area (Å²) in [5.41, 5.74) is 0.766. The average Bonchev–Trinajstić information content (AvgIpc) is 3.22. The van der Waals surface area contributed by atoms with Crippen molar-refractivity contribution in [2.45, 2.75) is 26.2 Å². The molecule has 8 heteroatoms. The summed E-state index contributed by atoms with van der Waals surface area (Å²) in [6, 6.07) is 7.23. The smallest absolute Gasteiger partial charge is 0.231 e. The minimum Gasteiger partial charge on any atom is -0.497 e. The molecular weight excluding hydrogens is 340 g/mol. The molecule has 132 valence electrons. The Hall–Kier alpha value is -2.48. The van der Waals surface area contributed by atoms with E-state index >= 15 is 0 Å². The van der Waals surface area contributed by atoms with E-state index in [-0.39, 0.29) is 18.2 Å². The summed E-state index contributed by atoms with van der Waals surface area (Å²) in [6.45, 7) is 2.43. The molecule has 0 saturated carbocycles. The highest BCUT2D eigenvalue weighted by Gasteiger charge is 2.35. The third-order valence-corrected chi connectivity index (χ3v) is 4.94. The van der Waals surface area contributed by atoms with Crippen LogP contribution in [-0.2, 0) is 16.0 Å². The van der Waals surface area contributed by atoms with Crippen LogP contribution in [0.4, 0.5) is 10.8 Å². The molecule has 1 aromatic carbocycles. The average molecular weight is 360 g/mol. The van der Waals surface area contributed by atoms with E-state index in [1.807, 2.05) is 12.1 Å². The number of aromatic nitrogens is 2. The number of anilines is 2. The van der Waals surface area contributed by atoms with Crippen molar-refractivity contribution in [3.63, 3.8) is 0 Å². The monoisotopic (exact) mass is 360 g/mol. The van der Waals surface area contributed by atoms with E-state index in [0.717, 1.165) is 29.3 Å². The molecule has 2 heterocycles. The fourth-order valence-corrected chi connectivity index (χ4v) is 3.57. The molecule has 1 atom stereocenters. The number of ether oxygens (including phenoxy) is 1. The second-order valence-corrected chi connectivity index (χ2v) is 6.91. The van der Waals surface area contributed by atoms with Crippen LogP contribution in [0.15, 0.2) is 24.3 Å². The Morgan fingerprint density at radius 2 is 2.12 bits per heavy atom. The molecule has 0 radical (unpaired) electrons. The highest BCUT2D eigenvalue weighted by atomic mass is 32.1. The number of carbonyl (C=O) groups is 2. The van der Waals surface area contributed by atoms with Crippen LogP contribution in [0.25, 0.3) is 0 Å². The first-order chi connectivity index (χ1) is 12.1. The highest BCUT2D eigenvalue weighted by Crippen LogP contribution is 2.28. The fraction of sp³-hybridized carbons (Fsp3) is 0.412. The van der Waals surface area contributed by atoms with Gasteiger partial charge in [-0.15, -0.1) is 10.2 Å². The predicted molar refractivity (Wildman–Crippen MR) is 96.0 cm³/mol. The van der Waals surface area contributed by atoms with E-state index in [1.165, 1.54) is 11.3 Å². The lowest BCUT2D eigenvalue weighted by molar-refractivity contribution is -0.122. The maximum absolute atomic E-state index is 12.4. The SMILES string of the molecule is CCCc1nnc(NC(=O)C2CC(=O)N(c3ccc(OC)cc3)C2)s1. The van der Waals surface area contributed by atoms with E-state index in [0.29, 0.717) is 11.7 Å². The van der Waals surface area contributed by atoms with E-state index < -0.39 is 5.92 Å². The van der Waals surface area contributed by atoms with Gasteiger partial charge in [0.2, 0.25) is 16.9 Å². The van der Waals surface area contributed by atoms with E-state index in [1.54, 1.807) is 24.1 Å². The quantitative estimate of drug-likeness (QED) is 0.855. The molecule has 1 aliphatic rings. The van der Waals surface area contributed by atoms with Crippen LogP contribution in [0, 0.1) is 5.92 Å². The zero-order valence-corrected chi connectivity index (χ0v) is 15.0. The Bertz CT molecular complexity index is 760. The molecule has 3 rings (SSSR count). The first-order valence-corrected chi connectivity index (χ1v) is 9.00. The number of nitrogens with zero attached hydrogens (tertiary/aromatic N) is 3. The van der Waals surface area contributed by atoms with Crippen molar-refractivity contribution in [3.8, 4) is 5.75 Å². The van der Waals surface area contributed by atoms with Gasteiger partial charge in [-0.3, -0.25) is 9.59 Å². The number of carbonyl (C=O) groups excluding carboxylic acids is 2. The summed E-state index contributed by atoms with van der Waals surface area (Å²) in [5.74, 6) is 0.0785. The van der Waals surface area contributed by atoms with Crippen LogP contribution in [0.2, 0.25) is 0 Å². The first-order valence-electron chi connectivity index (χ1n) is 8.18. The van der Waals surface area contributed by atoms with Crippen molar-refractivity contribution in [3.05, 3.63) is 29.3 Å². The lowest BCUT2D eigenvalue weighted by atomic mass is 10.1. The normalized spacial score (nSPS) is 17.0. The second kappa shape index (κ2) is 7.60.